The molecule has 34 heavy (non-hydrogen) atoms. The van der Waals surface area contributed by atoms with E-state index >= 15 is 0 Å². The molecule has 0 bridgehead atoms. The van der Waals surface area contributed by atoms with E-state index in [2.05, 4.69) is 15.3 Å². The number of hydrogen-bond donors (Lipinski definition) is 1. The third-order valence-corrected chi connectivity index (χ3v) is 8.00. The number of methoxy groups -OCH3 is 1. The van der Waals surface area contributed by atoms with Gasteiger partial charge in [0.25, 0.3) is 12.0 Å². The first-order valence-corrected chi connectivity index (χ1v) is 12.3. The zero-order chi connectivity index (χ0) is 24.8. The Bertz CT molecular complexity index is 1430. The lowest BCUT2D eigenvalue weighted by Crippen LogP contribution is -2.38. The van der Waals surface area contributed by atoms with E-state index in [-0.39, 0.29) is 40.5 Å². The average molecular weight is 497 g/mol. The second kappa shape index (κ2) is 8.66. The Hall–Kier alpha value is -2.99. The van der Waals surface area contributed by atoms with Crippen molar-refractivity contribution in [1.82, 2.24) is 14.5 Å². The standard InChI is InChI=1S/C22H23F3N4O4S/c1-12(13-5-4-6-14(17(13)23)18(24)25)28-19-15-9-16(21(30)29(2)20(15)27-11-26-19)22(33-3)7-8-34(31,32)10-22/h4-6,9,11-12,18H,7-8,10H2,1-3H3,(H,26,27,28)/t12-,22?/m1/s1. The molecule has 0 radical (unpaired) electrons. The minimum atomic E-state index is -3.40. The van der Waals surface area contributed by atoms with E-state index < -0.39 is 44.8 Å². The summed E-state index contributed by atoms with van der Waals surface area (Å²) in [5.74, 6) is -1.24. The van der Waals surface area contributed by atoms with Crippen molar-refractivity contribution < 1.29 is 26.3 Å². The third-order valence-electron chi connectivity index (χ3n) is 6.27. The van der Waals surface area contributed by atoms with Crippen molar-refractivity contribution in [2.24, 2.45) is 7.05 Å². The first kappa shape index (κ1) is 24.1. The lowest BCUT2D eigenvalue weighted by Gasteiger charge is -2.27. The number of nitrogens with zero attached hydrogens (tertiary/aromatic N) is 3. The normalized spacial score (nSPS) is 20.7. The number of pyridine rings is 1. The Labute approximate surface area is 193 Å². The van der Waals surface area contributed by atoms with Crippen molar-refractivity contribution in [2.45, 2.75) is 31.4 Å². The summed E-state index contributed by atoms with van der Waals surface area (Å²) in [6.07, 6.45) is -1.63. The van der Waals surface area contributed by atoms with E-state index in [0.717, 1.165) is 6.07 Å². The number of benzene rings is 1. The van der Waals surface area contributed by atoms with Crippen LogP contribution < -0.4 is 10.9 Å². The van der Waals surface area contributed by atoms with E-state index in [9.17, 15) is 26.4 Å². The molecule has 1 aliphatic heterocycles. The van der Waals surface area contributed by atoms with Crippen molar-refractivity contribution in [3.63, 3.8) is 0 Å². The third kappa shape index (κ3) is 4.05. The maximum atomic E-state index is 14.7. The largest absolute Gasteiger partial charge is 0.372 e. The summed E-state index contributed by atoms with van der Waals surface area (Å²) in [7, 11) is -0.555. The molecule has 3 aromatic rings. The van der Waals surface area contributed by atoms with Gasteiger partial charge in [-0.1, -0.05) is 18.2 Å². The van der Waals surface area contributed by atoms with Crippen molar-refractivity contribution in [3.8, 4) is 0 Å². The van der Waals surface area contributed by atoms with Gasteiger partial charge >= 0.3 is 0 Å². The molecule has 8 nitrogen and oxygen atoms in total. The molecule has 1 saturated heterocycles. The first-order chi connectivity index (χ1) is 16.0. The van der Waals surface area contributed by atoms with E-state index in [1.54, 1.807) is 6.92 Å². The number of aryl methyl sites for hydroxylation is 1. The second-order valence-electron chi connectivity index (χ2n) is 8.34. The first-order valence-electron chi connectivity index (χ1n) is 10.4. The maximum Gasteiger partial charge on any atom is 0.266 e. The summed E-state index contributed by atoms with van der Waals surface area (Å²) in [5, 5.41) is 3.38. The number of ether oxygens (including phenoxy) is 1. The summed E-state index contributed by atoms with van der Waals surface area (Å²) < 4.78 is 72.2. The molecule has 0 aliphatic carbocycles. The van der Waals surface area contributed by atoms with Crippen LogP contribution in [0.3, 0.4) is 0 Å². The molecule has 182 valence electrons. The highest BCUT2D eigenvalue weighted by molar-refractivity contribution is 7.91. The number of anilines is 1. The van der Waals surface area contributed by atoms with E-state index in [1.165, 1.54) is 43.3 Å². The van der Waals surface area contributed by atoms with Crippen molar-refractivity contribution in [3.05, 3.63) is 63.5 Å². The highest BCUT2D eigenvalue weighted by Gasteiger charge is 2.46. The fourth-order valence-corrected chi connectivity index (χ4v) is 6.28. The maximum absolute atomic E-state index is 14.7. The van der Waals surface area contributed by atoms with Gasteiger partial charge in [-0.15, -0.1) is 0 Å². The minimum Gasteiger partial charge on any atom is -0.372 e. The van der Waals surface area contributed by atoms with Gasteiger partial charge in [0, 0.05) is 19.7 Å². The zero-order valence-electron chi connectivity index (χ0n) is 18.7. The molecule has 1 aliphatic rings. The monoisotopic (exact) mass is 496 g/mol. The Balaban J connectivity index is 1.83. The topological polar surface area (TPSA) is 103 Å². The Morgan fingerprint density at radius 3 is 2.56 bits per heavy atom. The van der Waals surface area contributed by atoms with Crippen molar-refractivity contribution in [2.75, 3.05) is 23.9 Å². The van der Waals surface area contributed by atoms with Crippen LogP contribution in [-0.2, 0) is 27.2 Å². The summed E-state index contributed by atoms with van der Waals surface area (Å²) in [6.45, 7) is 1.59. The van der Waals surface area contributed by atoms with Gasteiger partial charge in [-0.25, -0.2) is 31.6 Å². The summed E-state index contributed by atoms with van der Waals surface area (Å²) in [5.41, 5.74) is -2.06. The van der Waals surface area contributed by atoms with Gasteiger partial charge in [-0.2, -0.15) is 0 Å². The molecule has 1 N–H and O–H groups in total. The highest BCUT2D eigenvalue weighted by Crippen LogP contribution is 2.37. The van der Waals surface area contributed by atoms with Crippen LogP contribution in [0, 0.1) is 5.82 Å². The fraction of sp³-hybridized carbons (Fsp3) is 0.409. The van der Waals surface area contributed by atoms with Crippen molar-refractivity contribution in [1.29, 1.82) is 0 Å². The van der Waals surface area contributed by atoms with Gasteiger partial charge < -0.3 is 10.1 Å². The number of rotatable bonds is 6. The lowest BCUT2D eigenvalue weighted by atomic mass is 9.93. The molecule has 3 heterocycles. The molecule has 1 aromatic carbocycles. The Kier molecular flexibility index (Phi) is 6.15. The molecule has 2 aromatic heterocycles. The summed E-state index contributed by atoms with van der Waals surface area (Å²) >= 11 is 0. The number of halogens is 3. The van der Waals surface area contributed by atoms with Gasteiger partial charge in [0.1, 0.15) is 29.2 Å². The molecule has 0 spiro atoms. The lowest BCUT2D eigenvalue weighted by molar-refractivity contribution is 0.00735. The predicted molar refractivity (Wildman–Crippen MR) is 120 cm³/mol. The average Bonchev–Trinajstić information content (AvgIpc) is 3.12. The Morgan fingerprint density at radius 2 is 1.94 bits per heavy atom. The molecule has 1 fully saturated rings. The minimum absolute atomic E-state index is 0.0184. The van der Waals surface area contributed by atoms with Crippen LogP contribution in [0.5, 0.6) is 0 Å². The van der Waals surface area contributed by atoms with Crippen LogP contribution in [0.4, 0.5) is 19.0 Å². The second-order valence-corrected chi connectivity index (χ2v) is 10.5. The Morgan fingerprint density at radius 1 is 1.24 bits per heavy atom. The van der Waals surface area contributed by atoms with Crippen LogP contribution in [0.1, 0.15) is 42.5 Å². The smallest absolute Gasteiger partial charge is 0.266 e. The molecule has 0 amide bonds. The number of sulfone groups is 1. The molecular weight excluding hydrogens is 473 g/mol. The summed E-state index contributed by atoms with van der Waals surface area (Å²) in [4.78, 5) is 21.5. The number of aromatic nitrogens is 3. The molecule has 2 atom stereocenters. The van der Waals surface area contributed by atoms with Gasteiger partial charge in [0.05, 0.1) is 34.1 Å². The predicted octanol–water partition coefficient (Wildman–Crippen LogP) is 3.24. The highest BCUT2D eigenvalue weighted by atomic mass is 32.2. The molecule has 4 rings (SSSR count). The number of nitrogens with one attached hydrogen (secondary N) is 1. The van der Waals surface area contributed by atoms with Gasteiger partial charge in [0.2, 0.25) is 0 Å². The van der Waals surface area contributed by atoms with Gasteiger partial charge in [-0.05, 0) is 19.4 Å². The van der Waals surface area contributed by atoms with E-state index in [0.29, 0.717) is 5.39 Å². The van der Waals surface area contributed by atoms with Crippen LogP contribution in [0.2, 0.25) is 0 Å². The van der Waals surface area contributed by atoms with E-state index in [1.807, 2.05) is 0 Å². The van der Waals surface area contributed by atoms with Crippen molar-refractivity contribution >= 4 is 26.7 Å². The van der Waals surface area contributed by atoms with Gasteiger partial charge in [0.15, 0.2) is 9.84 Å². The SMILES string of the molecule is COC1(c2cc3c(N[C@H](C)c4cccc(C(F)F)c4F)ncnc3n(C)c2=O)CCS(=O)(=O)C1. The molecular formula is C22H23F3N4O4S. The molecule has 12 heteroatoms. The number of hydrogen-bond acceptors (Lipinski definition) is 7. The quantitative estimate of drug-likeness (QED) is 0.559. The molecule has 1 unspecified atom stereocenters. The zero-order valence-corrected chi connectivity index (χ0v) is 19.5. The van der Waals surface area contributed by atoms with Crippen LogP contribution in [-0.4, -0.2) is 41.6 Å². The molecule has 0 saturated carbocycles. The van der Waals surface area contributed by atoms with Crippen LogP contribution >= 0.6 is 0 Å². The number of alkyl halides is 2. The fourth-order valence-electron chi connectivity index (χ4n) is 4.37. The van der Waals surface area contributed by atoms with Crippen LogP contribution in [0.25, 0.3) is 11.0 Å². The summed E-state index contributed by atoms with van der Waals surface area (Å²) in [6, 6.07) is 4.50. The van der Waals surface area contributed by atoms with E-state index in [4.69, 9.17) is 4.74 Å². The van der Waals surface area contributed by atoms with Crippen LogP contribution in [0.15, 0.2) is 35.4 Å². The number of fused-ring (bicyclic) bond motifs is 1. The van der Waals surface area contributed by atoms with Gasteiger partial charge in [-0.3, -0.25) is 9.36 Å².